The number of aromatic nitrogens is 1. The number of hydrogen-bond acceptors (Lipinski definition) is 5. The summed E-state index contributed by atoms with van der Waals surface area (Å²) in [4.78, 5) is 30.5. The first kappa shape index (κ1) is 16.6. The lowest BCUT2D eigenvalue weighted by molar-refractivity contribution is -0.142. The number of likely N-dealkylation sites (tertiary alicyclic amines) is 1. The van der Waals surface area contributed by atoms with E-state index in [9.17, 15) is 9.59 Å². The number of piperidine rings is 1. The van der Waals surface area contributed by atoms with E-state index in [2.05, 4.69) is 4.98 Å². The Labute approximate surface area is 145 Å². The molecule has 0 aliphatic carbocycles. The Bertz CT molecular complexity index is 698. The molecule has 5 nitrogen and oxygen atoms in total. The van der Waals surface area contributed by atoms with Crippen molar-refractivity contribution in [1.29, 1.82) is 0 Å². The largest absolute Gasteiger partial charge is 0.469 e. The zero-order chi connectivity index (χ0) is 16.9. The molecule has 0 spiro atoms. The summed E-state index contributed by atoms with van der Waals surface area (Å²) >= 11 is 1.55. The monoisotopic (exact) mass is 344 g/mol. The third-order valence-corrected chi connectivity index (χ3v) is 4.96. The molecule has 3 rings (SSSR count). The van der Waals surface area contributed by atoms with Gasteiger partial charge >= 0.3 is 5.97 Å². The van der Waals surface area contributed by atoms with Crippen molar-refractivity contribution in [2.75, 3.05) is 13.7 Å². The van der Waals surface area contributed by atoms with Gasteiger partial charge in [-0.25, -0.2) is 4.98 Å². The van der Waals surface area contributed by atoms with Gasteiger partial charge in [-0.05, 0) is 31.4 Å². The highest BCUT2D eigenvalue weighted by Gasteiger charge is 2.29. The second kappa shape index (κ2) is 7.57. The normalized spacial score (nSPS) is 17.5. The lowest BCUT2D eigenvalue weighted by Gasteiger charge is -2.35. The van der Waals surface area contributed by atoms with Crippen molar-refractivity contribution in [2.24, 2.45) is 0 Å². The van der Waals surface area contributed by atoms with Crippen LogP contribution in [-0.2, 0) is 9.53 Å². The van der Waals surface area contributed by atoms with E-state index in [-0.39, 0.29) is 24.3 Å². The zero-order valence-corrected chi connectivity index (χ0v) is 14.4. The molecule has 0 saturated carbocycles. The molecule has 126 valence electrons. The van der Waals surface area contributed by atoms with E-state index in [1.807, 2.05) is 34.5 Å². The molecule has 0 unspecified atom stereocenters. The molecular formula is C18H20N2O3S. The minimum absolute atomic E-state index is 0.0200. The molecule has 1 amide bonds. The molecular weight excluding hydrogens is 324 g/mol. The summed E-state index contributed by atoms with van der Waals surface area (Å²) in [6.45, 7) is 0.689. The van der Waals surface area contributed by atoms with Crippen molar-refractivity contribution in [3.63, 3.8) is 0 Å². The Kier molecular flexibility index (Phi) is 5.25. The minimum atomic E-state index is -0.265. The van der Waals surface area contributed by atoms with Gasteiger partial charge in [0.15, 0.2) is 0 Å². The van der Waals surface area contributed by atoms with Crippen LogP contribution in [0.15, 0.2) is 35.2 Å². The SMILES string of the molecule is COC(=O)C[C@H]1CCCCN1C(=O)c1ccc(-c2cscn2)cc1. The number of carbonyl (C=O) groups is 2. The number of hydrogen-bond donors (Lipinski definition) is 0. The van der Waals surface area contributed by atoms with Crippen LogP contribution < -0.4 is 0 Å². The number of thiazole rings is 1. The van der Waals surface area contributed by atoms with Crippen LogP contribution in [0, 0.1) is 0 Å². The third-order valence-electron chi connectivity index (χ3n) is 4.38. The minimum Gasteiger partial charge on any atom is -0.469 e. The van der Waals surface area contributed by atoms with Crippen molar-refractivity contribution in [2.45, 2.75) is 31.7 Å². The van der Waals surface area contributed by atoms with Gasteiger partial charge in [-0.15, -0.1) is 11.3 Å². The number of amides is 1. The van der Waals surface area contributed by atoms with E-state index >= 15 is 0 Å². The van der Waals surface area contributed by atoms with E-state index in [0.29, 0.717) is 12.1 Å². The van der Waals surface area contributed by atoms with Crippen LogP contribution >= 0.6 is 11.3 Å². The first-order valence-corrected chi connectivity index (χ1v) is 8.99. The molecule has 0 radical (unpaired) electrons. The van der Waals surface area contributed by atoms with E-state index in [1.165, 1.54) is 7.11 Å². The topological polar surface area (TPSA) is 59.5 Å². The Balaban J connectivity index is 1.75. The van der Waals surface area contributed by atoms with Crippen LogP contribution in [0.2, 0.25) is 0 Å². The summed E-state index contributed by atoms with van der Waals surface area (Å²) in [5.74, 6) is -0.285. The average molecular weight is 344 g/mol. The lowest BCUT2D eigenvalue weighted by atomic mass is 9.98. The van der Waals surface area contributed by atoms with Crippen LogP contribution in [0.3, 0.4) is 0 Å². The van der Waals surface area contributed by atoms with Crippen LogP contribution in [0.4, 0.5) is 0 Å². The molecule has 1 atom stereocenters. The van der Waals surface area contributed by atoms with Gasteiger partial charge in [-0.3, -0.25) is 9.59 Å². The maximum Gasteiger partial charge on any atom is 0.307 e. The van der Waals surface area contributed by atoms with Gasteiger partial charge in [0.1, 0.15) is 0 Å². The number of nitrogens with zero attached hydrogens (tertiary/aromatic N) is 2. The van der Waals surface area contributed by atoms with Crippen molar-refractivity contribution in [3.05, 3.63) is 40.7 Å². The zero-order valence-electron chi connectivity index (χ0n) is 13.6. The van der Waals surface area contributed by atoms with Gasteiger partial charge in [0.2, 0.25) is 0 Å². The van der Waals surface area contributed by atoms with Crippen molar-refractivity contribution < 1.29 is 14.3 Å². The molecule has 1 aliphatic rings. The number of rotatable bonds is 4. The summed E-state index contributed by atoms with van der Waals surface area (Å²) in [5.41, 5.74) is 4.35. The average Bonchev–Trinajstić information content (AvgIpc) is 3.16. The fraction of sp³-hybridized carbons (Fsp3) is 0.389. The predicted molar refractivity (Wildman–Crippen MR) is 92.9 cm³/mol. The molecule has 1 aliphatic heterocycles. The number of carbonyl (C=O) groups excluding carboxylic acids is 2. The van der Waals surface area contributed by atoms with E-state index in [0.717, 1.165) is 30.5 Å². The van der Waals surface area contributed by atoms with Gasteiger partial charge in [0, 0.05) is 29.1 Å². The van der Waals surface area contributed by atoms with Gasteiger partial charge in [-0.1, -0.05) is 12.1 Å². The quantitative estimate of drug-likeness (QED) is 0.798. The van der Waals surface area contributed by atoms with E-state index in [1.54, 1.807) is 16.8 Å². The molecule has 1 fully saturated rings. The lowest BCUT2D eigenvalue weighted by Crippen LogP contribution is -2.44. The second-order valence-corrected chi connectivity index (χ2v) is 6.60. The highest BCUT2D eigenvalue weighted by atomic mass is 32.1. The first-order chi connectivity index (χ1) is 11.7. The summed E-state index contributed by atoms with van der Waals surface area (Å²) in [7, 11) is 1.38. The molecule has 1 aromatic heterocycles. The maximum absolute atomic E-state index is 12.8. The first-order valence-electron chi connectivity index (χ1n) is 8.05. The molecule has 1 saturated heterocycles. The summed E-state index contributed by atoms with van der Waals surface area (Å²) in [6.07, 6.45) is 3.12. The molecule has 2 aromatic rings. The van der Waals surface area contributed by atoms with Gasteiger partial charge in [-0.2, -0.15) is 0 Å². The summed E-state index contributed by atoms with van der Waals surface area (Å²) < 4.78 is 4.76. The van der Waals surface area contributed by atoms with E-state index in [4.69, 9.17) is 4.74 Å². The Morgan fingerprint density at radius 3 is 2.75 bits per heavy atom. The maximum atomic E-state index is 12.8. The third kappa shape index (κ3) is 3.64. The van der Waals surface area contributed by atoms with Gasteiger partial charge in [0.05, 0.1) is 24.7 Å². The second-order valence-electron chi connectivity index (χ2n) is 5.88. The van der Waals surface area contributed by atoms with E-state index < -0.39 is 0 Å². The Hall–Kier alpha value is -2.21. The van der Waals surface area contributed by atoms with Crippen molar-refractivity contribution in [1.82, 2.24) is 9.88 Å². The van der Waals surface area contributed by atoms with Crippen LogP contribution in [0.1, 0.15) is 36.0 Å². The van der Waals surface area contributed by atoms with Crippen molar-refractivity contribution >= 4 is 23.2 Å². The number of benzene rings is 1. The number of methoxy groups -OCH3 is 1. The van der Waals surface area contributed by atoms with Crippen molar-refractivity contribution in [3.8, 4) is 11.3 Å². The van der Waals surface area contributed by atoms with Crippen LogP contribution in [0.25, 0.3) is 11.3 Å². The molecule has 6 heteroatoms. The Morgan fingerprint density at radius 2 is 2.08 bits per heavy atom. The van der Waals surface area contributed by atoms with Gasteiger partial charge < -0.3 is 9.64 Å². The van der Waals surface area contributed by atoms with Crippen LogP contribution in [-0.4, -0.2) is 41.5 Å². The fourth-order valence-electron chi connectivity index (χ4n) is 3.06. The standard InChI is InChI=1S/C18H20N2O3S/c1-23-17(21)10-15-4-2-3-9-20(15)18(22)14-7-5-13(6-8-14)16-11-24-12-19-16/h5-8,11-12,15H,2-4,9-10H2,1H3/t15-/m1/s1. The van der Waals surface area contributed by atoms with Gasteiger partial charge in [0.25, 0.3) is 5.91 Å². The molecule has 0 bridgehead atoms. The summed E-state index contributed by atoms with van der Waals surface area (Å²) in [6, 6.07) is 7.43. The highest BCUT2D eigenvalue weighted by molar-refractivity contribution is 7.07. The summed E-state index contributed by atoms with van der Waals surface area (Å²) in [5, 5.41) is 1.98. The molecule has 0 N–H and O–H groups in total. The predicted octanol–water partition coefficient (Wildman–Crippen LogP) is 3.37. The Morgan fingerprint density at radius 1 is 1.29 bits per heavy atom. The fourth-order valence-corrected chi connectivity index (χ4v) is 3.62. The smallest absolute Gasteiger partial charge is 0.307 e. The molecule has 24 heavy (non-hydrogen) atoms. The number of esters is 1. The molecule has 2 heterocycles. The van der Waals surface area contributed by atoms with Crippen LogP contribution in [0.5, 0.6) is 0 Å². The highest BCUT2D eigenvalue weighted by Crippen LogP contribution is 2.24. The number of ether oxygens (including phenoxy) is 1. The molecule has 1 aromatic carbocycles.